The van der Waals surface area contributed by atoms with Crippen molar-refractivity contribution in [3.63, 3.8) is 0 Å². The summed E-state index contributed by atoms with van der Waals surface area (Å²) in [5.74, 6) is -1.31. The minimum atomic E-state index is -0.979. The number of aliphatic hydroxyl groups excluding tert-OH is 1. The van der Waals surface area contributed by atoms with Crippen LogP contribution in [0.1, 0.15) is 22.7 Å². The number of hydrogen-bond acceptors (Lipinski definition) is 8. The second-order valence-corrected chi connectivity index (χ2v) is 10.7. The first-order valence-corrected chi connectivity index (χ1v) is 13.2. The number of aliphatic hydroxyl groups is 1. The Labute approximate surface area is 224 Å². The molecule has 7 nitrogen and oxygen atoms in total. The van der Waals surface area contributed by atoms with E-state index in [0.29, 0.717) is 26.2 Å². The maximum absolute atomic E-state index is 13.3. The fourth-order valence-corrected chi connectivity index (χ4v) is 5.90. The molecule has 1 aliphatic heterocycles. The minimum Gasteiger partial charge on any atom is -0.507 e. The summed E-state index contributed by atoms with van der Waals surface area (Å²) in [5, 5.41) is 20.3. The Morgan fingerprint density at radius 1 is 1.00 bits per heavy atom. The largest absolute Gasteiger partial charge is 0.507 e. The SMILES string of the molecule is O=C1C(=O)N(c2nnc(SCc3ccccc3)s2)C(c2ccc(Cl)c(Cl)c2)C1=C(O)c1ccncc1. The molecule has 0 radical (unpaired) electrons. The summed E-state index contributed by atoms with van der Waals surface area (Å²) in [4.78, 5) is 31.7. The van der Waals surface area contributed by atoms with Gasteiger partial charge in [0, 0.05) is 23.7 Å². The van der Waals surface area contributed by atoms with Crippen molar-refractivity contribution in [2.75, 3.05) is 4.90 Å². The number of carbonyl (C=O) groups excluding carboxylic acids is 2. The van der Waals surface area contributed by atoms with Gasteiger partial charge in [-0.1, -0.05) is 82.7 Å². The third-order valence-corrected chi connectivity index (χ3v) is 8.33. The van der Waals surface area contributed by atoms with Crippen molar-refractivity contribution in [1.82, 2.24) is 15.2 Å². The van der Waals surface area contributed by atoms with Crippen molar-refractivity contribution in [3.8, 4) is 0 Å². The number of pyridine rings is 1. The van der Waals surface area contributed by atoms with E-state index in [9.17, 15) is 14.7 Å². The molecule has 1 atom stereocenters. The van der Waals surface area contributed by atoms with Gasteiger partial charge in [-0.3, -0.25) is 19.5 Å². The van der Waals surface area contributed by atoms with E-state index in [0.717, 1.165) is 5.56 Å². The number of halogens is 2. The standard InChI is InChI=1S/C25H16Cl2N4O3S2/c26-17-7-6-16(12-18(17)27)20-19(21(32)15-8-10-28-11-9-15)22(33)23(34)31(20)24-29-30-25(36-24)35-13-14-4-2-1-3-5-14/h1-12,20,32H,13H2. The van der Waals surface area contributed by atoms with Gasteiger partial charge in [-0.05, 0) is 35.4 Å². The van der Waals surface area contributed by atoms with E-state index in [1.165, 1.54) is 40.4 Å². The van der Waals surface area contributed by atoms with Crippen LogP contribution in [0.25, 0.3) is 5.76 Å². The molecule has 0 aliphatic carbocycles. The monoisotopic (exact) mass is 554 g/mol. The van der Waals surface area contributed by atoms with Gasteiger partial charge in [0.25, 0.3) is 5.78 Å². The Bertz CT molecular complexity index is 1480. The summed E-state index contributed by atoms with van der Waals surface area (Å²) >= 11 is 15.0. The van der Waals surface area contributed by atoms with Crippen molar-refractivity contribution in [2.24, 2.45) is 0 Å². The van der Waals surface area contributed by atoms with Crippen molar-refractivity contribution < 1.29 is 14.7 Å². The average Bonchev–Trinajstić information content (AvgIpc) is 3.47. The molecule has 0 saturated carbocycles. The molecule has 0 bridgehead atoms. The fourth-order valence-electron chi connectivity index (χ4n) is 3.77. The number of anilines is 1. The molecule has 1 fully saturated rings. The van der Waals surface area contributed by atoms with Crippen LogP contribution in [0.5, 0.6) is 0 Å². The fraction of sp³-hybridized carbons (Fsp3) is 0.0800. The molecular formula is C25H16Cl2N4O3S2. The number of amides is 1. The van der Waals surface area contributed by atoms with E-state index in [-0.39, 0.29) is 21.5 Å². The zero-order chi connectivity index (χ0) is 25.2. The lowest BCUT2D eigenvalue weighted by Crippen LogP contribution is -2.29. The van der Waals surface area contributed by atoms with Gasteiger partial charge in [0.1, 0.15) is 5.76 Å². The van der Waals surface area contributed by atoms with Crippen molar-refractivity contribution >= 4 is 68.9 Å². The molecule has 180 valence electrons. The highest BCUT2D eigenvalue weighted by atomic mass is 35.5. The predicted molar refractivity (Wildman–Crippen MR) is 141 cm³/mol. The average molecular weight is 555 g/mol. The van der Waals surface area contributed by atoms with Gasteiger partial charge < -0.3 is 5.11 Å². The molecule has 36 heavy (non-hydrogen) atoms. The van der Waals surface area contributed by atoms with Crippen molar-refractivity contribution in [3.05, 3.63) is 105 Å². The van der Waals surface area contributed by atoms with Crippen LogP contribution in [0.15, 0.2) is 83.0 Å². The maximum Gasteiger partial charge on any atom is 0.301 e. The van der Waals surface area contributed by atoms with Gasteiger partial charge in [0.05, 0.1) is 21.7 Å². The molecule has 2 aromatic carbocycles. The van der Waals surface area contributed by atoms with E-state index < -0.39 is 17.7 Å². The van der Waals surface area contributed by atoms with Crippen molar-refractivity contribution in [2.45, 2.75) is 16.1 Å². The number of nitrogens with zero attached hydrogens (tertiary/aromatic N) is 4. The van der Waals surface area contributed by atoms with Gasteiger partial charge in [-0.2, -0.15) is 0 Å². The molecular weight excluding hydrogens is 539 g/mol. The van der Waals surface area contributed by atoms with Crippen LogP contribution in [0.3, 0.4) is 0 Å². The Morgan fingerprint density at radius 3 is 2.47 bits per heavy atom. The van der Waals surface area contributed by atoms with E-state index in [2.05, 4.69) is 15.2 Å². The molecule has 1 unspecified atom stereocenters. The zero-order valence-electron chi connectivity index (χ0n) is 18.3. The summed E-state index contributed by atoms with van der Waals surface area (Å²) in [6.45, 7) is 0. The topological polar surface area (TPSA) is 96.3 Å². The lowest BCUT2D eigenvalue weighted by Gasteiger charge is -2.22. The van der Waals surface area contributed by atoms with E-state index in [1.54, 1.807) is 30.3 Å². The Kier molecular flexibility index (Phi) is 7.06. The minimum absolute atomic E-state index is 0.0849. The number of Topliss-reactive ketones (excluding diaryl/α,β-unsaturated/α-hetero) is 1. The predicted octanol–water partition coefficient (Wildman–Crippen LogP) is 6.16. The van der Waals surface area contributed by atoms with Gasteiger partial charge in [-0.15, -0.1) is 10.2 Å². The van der Waals surface area contributed by atoms with Gasteiger partial charge in [0.15, 0.2) is 4.34 Å². The summed E-state index contributed by atoms with van der Waals surface area (Å²) in [7, 11) is 0. The summed E-state index contributed by atoms with van der Waals surface area (Å²) in [6.07, 6.45) is 2.97. The zero-order valence-corrected chi connectivity index (χ0v) is 21.5. The molecule has 5 rings (SSSR count). The Balaban J connectivity index is 1.57. The highest BCUT2D eigenvalue weighted by molar-refractivity contribution is 8.00. The molecule has 1 aliphatic rings. The first kappa shape index (κ1) is 24.5. The molecule has 1 amide bonds. The highest BCUT2D eigenvalue weighted by Crippen LogP contribution is 2.44. The first-order valence-electron chi connectivity index (χ1n) is 10.6. The Hall–Kier alpha value is -3.24. The van der Waals surface area contributed by atoms with Crippen LogP contribution in [0.2, 0.25) is 10.0 Å². The van der Waals surface area contributed by atoms with Crippen LogP contribution in [-0.2, 0) is 15.3 Å². The number of aromatic nitrogens is 3. The second kappa shape index (κ2) is 10.4. The van der Waals surface area contributed by atoms with Crippen LogP contribution in [0, 0.1) is 0 Å². The molecule has 2 aromatic heterocycles. The normalized spacial score (nSPS) is 17.1. The van der Waals surface area contributed by atoms with Crippen LogP contribution >= 0.6 is 46.3 Å². The smallest absolute Gasteiger partial charge is 0.301 e. The third-order valence-electron chi connectivity index (χ3n) is 5.46. The Morgan fingerprint density at radius 2 is 1.75 bits per heavy atom. The van der Waals surface area contributed by atoms with E-state index in [4.69, 9.17) is 23.2 Å². The van der Waals surface area contributed by atoms with Crippen LogP contribution in [0.4, 0.5) is 5.13 Å². The lowest BCUT2D eigenvalue weighted by molar-refractivity contribution is -0.132. The molecule has 11 heteroatoms. The van der Waals surface area contributed by atoms with Crippen molar-refractivity contribution in [1.29, 1.82) is 0 Å². The lowest BCUT2D eigenvalue weighted by atomic mass is 9.96. The summed E-state index contributed by atoms with van der Waals surface area (Å²) < 4.78 is 0.637. The number of rotatable bonds is 6. The first-order chi connectivity index (χ1) is 17.4. The van der Waals surface area contributed by atoms with Crippen LogP contribution < -0.4 is 4.90 Å². The number of benzene rings is 2. The van der Waals surface area contributed by atoms with Gasteiger partial charge >= 0.3 is 5.91 Å². The highest BCUT2D eigenvalue weighted by Gasteiger charge is 2.48. The van der Waals surface area contributed by atoms with Gasteiger partial charge in [-0.25, -0.2) is 0 Å². The molecule has 4 aromatic rings. The van der Waals surface area contributed by atoms with E-state index in [1.807, 2.05) is 30.3 Å². The number of hydrogen-bond donors (Lipinski definition) is 1. The molecule has 0 spiro atoms. The van der Waals surface area contributed by atoms with Gasteiger partial charge in [0.2, 0.25) is 5.13 Å². The number of thioether (sulfide) groups is 1. The summed E-state index contributed by atoms with van der Waals surface area (Å²) in [5.41, 5.74) is 1.88. The van der Waals surface area contributed by atoms with Crippen LogP contribution in [-0.4, -0.2) is 32.0 Å². The second-order valence-electron chi connectivity index (χ2n) is 7.70. The van der Waals surface area contributed by atoms with E-state index >= 15 is 0 Å². The molecule has 1 saturated heterocycles. The summed E-state index contributed by atoms with van der Waals surface area (Å²) in [6, 6.07) is 16.8. The maximum atomic E-state index is 13.3. The number of ketones is 1. The molecule has 3 heterocycles. The quantitative estimate of drug-likeness (QED) is 0.100. The molecule has 1 N–H and O–H groups in total. The third kappa shape index (κ3) is 4.75. The number of carbonyl (C=O) groups is 2.